The van der Waals surface area contributed by atoms with Gasteiger partial charge in [0, 0.05) is 18.4 Å². The van der Waals surface area contributed by atoms with E-state index in [2.05, 4.69) is 25.7 Å². The van der Waals surface area contributed by atoms with E-state index in [-0.39, 0.29) is 0 Å². The minimum atomic E-state index is 0.346. The maximum absolute atomic E-state index is 5.37. The standard InChI is InChI=1S/C15H20O2/c1-5-6-7-8-12(2)14-11-13(16-3)9-10-15(14)17-4/h9-12H,5,8H2,1-4H3. The number of methoxy groups -OCH3 is 2. The van der Waals surface area contributed by atoms with Gasteiger partial charge in [-0.2, -0.15) is 0 Å². The highest BCUT2D eigenvalue weighted by Crippen LogP contribution is 2.31. The fourth-order valence-electron chi connectivity index (χ4n) is 1.68. The van der Waals surface area contributed by atoms with E-state index in [9.17, 15) is 0 Å². The van der Waals surface area contributed by atoms with E-state index in [1.54, 1.807) is 14.2 Å². The molecule has 0 bridgehead atoms. The molecule has 0 saturated heterocycles. The summed E-state index contributed by atoms with van der Waals surface area (Å²) in [7, 11) is 3.36. The van der Waals surface area contributed by atoms with Gasteiger partial charge in [0.1, 0.15) is 11.5 Å². The van der Waals surface area contributed by atoms with Crippen LogP contribution in [-0.2, 0) is 0 Å². The van der Waals surface area contributed by atoms with Crippen LogP contribution in [0.5, 0.6) is 11.5 Å². The molecule has 0 aliphatic carbocycles. The maximum Gasteiger partial charge on any atom is 0.122 e. The van der Waals surface area contributed by atoms with Crippen LogP contribution >= 0.6 is 0 Å². The van der Waals surface area contributed by atoms with Gasteiger partial charge in [-0.3, -0.25) is 0 Å². The number of hydrogen-bond donors (Lipinski definition) is 0. The Morgan fingerprint density at radius 1 is 1.18 bits per heavy atom. The first-order valence-corrected chi connectivity index (χ1v) is 5.90. The molecule has 0 aliphatic heterocycles. The van der Waals surface area contributed by atoms with Crippen LogP contribution in [0.25, 0.3) is 0 Å². The van der Waals surface area contributed by atoms with Crippen molar-refractivity contribution in [2.24, 2.45) is 0 Å². The Bertz CT molecular complexity index is 413. The van der Waals surface area contributed by atoms with Crippen molar-refractivity contribution in [2.75, 3.05) is 14.2 Å². The lowest BCUT2D eigenvalue weighted by atomic mass is 9.96. The molecule has 17 heavy (non-hydrogen) atoms. The van der Waals surface area contributed by atoms with E-state index in [0.29, 0.717) is 5.92 Å². The summed E-state index contributed by atoms with van der Waals surface area (Å²) in [5.41, 5.74) is 1.15. The zero-order valence-corrected chi connectivity index (χ0v) is 11.0. The lowest BCUT2D eigenvalue weighted by Gasteiger charge is -2.14. The molecule has 1 aromatic carbocycles. The molecule has 0 N–H and O–H groups in total. The normalized spacial score (nSPS) is 11.3. The minimum absolute atomic E-state index is 0.346. The summed E-state index contributed by atoms with van der Waals surface area (Å²) in [6.07, 6.45) is 1.75. The van der Waals surface area contributed by atoms with Gasteiger partial charge in [-0.25, -0.2) is 0 Å². The van der Waals surface area contributed by atoms with Gasteiger partial charge in [0.2, 0.25) is 0 Å². The highest BCUT2D eigenvalue weighted by atomic mass is 16.5. The second kappa shape index (κ2) is 6.85. The van der Waals surface area contributed by atoms with Gasteiger partial charge < -0.3 is 9.47 Å². The second-order valence-electron chi connectivity index (χ2n) is 3.92. The van der Waals surface area contributed by atoms with E-state index in [1.807, 2.05) is 18.2 Å². The lowest BCUT2D eigenvalue weighted by molar-refractivity contribution is 0.396. The molecule has 92 valence electrons. The van der Waals surface area contributed by atoms with Gasteiger partial charge in [0.05, 0.1) is 14.2 Å². The van der Waals surface area contributed by atoms with Crippen LogP contribution in [0.2, 0.25) is 0 Å². The summed E-state index contributed by atoms with van der Waals surface area (Å²) in [4.78, 5) is 0. The molecule has 0 fully saturated rings. The quantitative estimate of drug-likeness (QED) is 0.738. The second-order valence-corrected chi connectivity index (χ2v) is 3.92. The Morgan fingerprint density at radius 3 is 2.53 bits per heavy atom. The number of ether oxygens (including phenoxy) is 2. The summed E-state index contributed by atoms with van der Waals surface area (Å²) in [6.45, 7) is 4.21. The predicted octanol–water partition coefficient (Wildman–Crippen LogP) is 3.61. The van der Waals surface area contributed by atoms with Crippen molar-refractivity contribution in [1.29, 1.82) is 0 Å². The van der Waals surface area contributed by atoms with Crippen molar-refractivity contribution in [3.05, 3.63) is 23.8 Å². The minimum Gasteiger partial charge on any atom is -0.497 e. The smallest absolute Gasteiger partial charge is 0.122 e. The molecule has 0 radical (unpaired) electrons. The molecule has 0 heterocycles. The molecule has 0 aliphatic rings. The Morgan fingerprint density at radius 2 is 1.94 bits per heavy atom. The third-order valence-corrected chi connectivity index (χ3v) is 2.68. The van der Waals surface area contributed by atoms with Gasteiger partial charge >= 0.3 is 0 Å². The summed E-state index contributed by atoms with van der Waals surface area (Å²) < 4.78 is 10.6. The topological polar surface area (TPSA) is 18.5 Å². The van der Waals surface area contributed by atoms with Crippen molar-refractivity contribution in [3.63, 3.8) is 0 Å². The molecule has 0 spiro atoms. The van der Waals surface area contributed by atoms with E-state index in [4.69, 9.17) is 9.47 Å². The van der Waals surface area contributed by atoms with E-state index < -0.39 is 0 Å². The maximum atomic E-state index is 5.37. The highest BCUT2D eigenvalue weighted by molar-refractivity contribution is 5.42. The van der Waals surface area contributed by atoms with Crippen molar-refractivity contribution < 1.29 is 9.47 Å². The van der Waals surface area contributed by atoms with Crippen LogP contribution in [0.4, 0.5) is 0 Å². The summed E-state index contributed by atoms with van der Waals surface area (Å²) in [5, 5.41) is 0. The molecular weight excluding hydrogens is 212 g/mol. The van der Waals surface area contributed by atoms with Crippen LogP contribution in [-0.4, -0.2) is 14.2 Å². The SMILES string of the molecule is CCC#CCC(C)c1cc(OC)ccc1OC. The largest absolute Gasteiger partial charge is 0.497 e. The number of benzene rings is 1. The Balaban J connectivity index is 2.92. The predicted molar refractivity (Wildman–Crippen MR) is 70.6 cm³/mol. The van der Waals surface area contributed by atoms with Crippen molar-refractivity contribution in [1.82, 2.24) is 0 Å². The average Bonchev–Trinajstić information content (AvgIpc) is 2.38. The Kier molecular flexibility index (Phi) is 5.42. The molecule has 1 unspecified atom stereocenters. The summed E-state index contributed by atoms with van der Waals surface area (Å²) >= 11 is 0. The van der Waals surface area contributed by atoms with Crippen LogP contribution in [0.3, 0.4) is 0 Å². The molecule has 0 saturated carbocycles. The van der Waals surface area contributed by atoms with Crippen LogP contribution < -0.4 is 9.47 Å². The van der Waals surface area contributed by atoms with Crippen molar-refractivity contribution >= 4 is 0 Å². The van der Waals surface area contributed by atoms with Gasteiger partial charge in [0.25, 0.3) is 0 Å². The molecule has 1 rings (SSSR count). The molecule has 0 aromatic heterocycles. The van der Waals surface area contributed by atoms with Crippen LogP contribution in [0.1, 0.15) is 38.2 Å². The summed E-state index contributed by atoms with van der Waals surface area (Å²) in [5.74, 6) is 8.37. The summed E-state index contributed by atoms with van der Waals surface area (Å²) in [6, 6.07) is 5.88. The first kappa shape index (κ1) is 13.4. The Hall–Kier alpha value is -1.62. The van der Waals surface area contributed by atoms with Crippen LogP contribution in [0.15, 0.2) is 18.2 Å². The molecule has 2 heteroatoms. The average molecular weight is 232 g/mol. The third kappa shape index (κ3) is 3.71. The number of rotatable bonds is 4. The fraction of sp³-hybridized carbons (Fsp3) is 0.467. The van der Waals surface area contributed by atoms with Gasteiger partial charge in [-0.15, -0.1) is 11.8 Å². The molecule has 1 atom stereocenters. The van der Waals surface area contributed by atoms with Gasteiger partial charge in [0.15, 0.2) is 0 Å². The Labute approximate surface area is 104 Å². The zero-order chi connectivity index (χ0) is 12.7. The monoisotopic (exact) mass is 232 g/mol. The van der Waals surface area contributed by atoms with Gasteiger partial charge in [-0.05, 0) is 24.1 Å². The lowest BCUT2D eigenvalue weighted by Crippen LogP contribution is -1.98. The molecule has 1 aromatic rings. The van der Waals surface area contributed by atoms with E-state index >= 15 is 0 Å². The molecular formula is C15H20O2. The third-order valence-electron chi connectivity index (χ3n) is 2.68. The zero-order valence-electron chi connectivity index (χ0n) is 11.0. The van der Waals surface area contributed by atoms with Crippen molar-refractivity contribution in [2.45, 2.75) is 32.6 Å². The molecule has 2 nitrogen and oxygen atoms in total. The van der Waals surface area contributed by atoms with E-state index in [0.717, 1.165) is 29.9 Å². The number of hydrogen-bond acceptors (Lipinski definition) is 2. The molecule has 0 amide bonds. The van der Waals surface area contributed by atoms with E-state index in [1.165, 1.54) is 0 Å². The first-order chi connectivity index (χ1) is 8.22. The van der Waals surface area contributed by atoms with Crippen LogP contribution in [0, 0.1) is 11.8 Å². The fourth-order valence-corrected chi connectivity index (χ4v) is 1.68. The van der Waals surface area contributed by atoms with Gasteiger partial charge in [-0.1, -0.05) is 13.8 Å². The highest BCUT2D eigenvalue weighted by Gasteiger charge is 2.11. The van der Waals surface area contributed by atoms with Crippen molar-refractivity contribution in [3.8, 4) is 23.3 Å². The first-order valence-electron chi connectivity index (χ1n) is 5.90.